The van der Waals surface area contributed by atoms with Crippen molar-refractivity contribution in [2.45, 2.75) is 64.4 Å². The molecule has 0 aromatic rings. The fourth-order valence-electron chi connectivity index (χ4n) is 2.85. The zero-order valence-electron chi connectivity index (χ0n) is 14.6. The highest BCUT2D eigenvalue weighted by atomic mass is 16.4. The van der Waals surface area contributed by atoms with Crippen LogP contribution in [0.5, 0.6) is 0 Å². The molecule has 3 atom stereocenters. The van der Waals surface area contributed by atoms with Crippen LogP contribution in [0.3, 0.4) is 0 Å². The zero-order chi connectivity index (χ0) is 17.8. The van der Waals surface area contributed by atoms with Crippen molar-refractivity contribution in [3.05, 3.63) is 36.5 Å². The van der Waals surface area contributed by atoms with Crippen molar-refractivity contribution >= 4 is 11.8 Å². The molecule has 0 fully saturated rings. The minimum atomic E-state index is -0.809. The van der Waals surface area contributed by atoms with E-state index in [4.69, 9.17) is 5.11 Å². The molecule has 0 amide bonds. The number of unbranched alkanes of at least 4 members (excludes halogenated alkanes) is 3. The first kappa shape index (κ1) is 20.4. The molecule has 0 saturated heterocycles. The van der Waals surface area contributed by atoms with Gasteiger partial charge in [-0.2, -0.15) is 0 Å². The number of aliphatic hydroxyl groups excluding tert-OH is 1. The smallest absolute Gasteiger partial charge is 0.303 e. The maximum atomic E-state index is 11.9. The molecular weight excluding hydrogens is 304 g/mol. The summed E-state index contributed by atoms with van der Waals surface area (Å²) in [4.78, 5) is 22.5. The molecule has 0 heterocycles. The first-order chi connectivity index (χ1) is 11.5. The fourth-order valence-corrected chi connectivity index (χ4v) is 2.85. The predicted octanol–water partition coefficient (Wildman–Crippen LogP) is 4.06. The molecule has 1 aliphatic rings. The molecule has 4 heteroatoms. The second-order valence-electron chi connectivity index (χ2n) is 6.39. The van der Waals surface area contributed by atoms with E-state index < -0.39 is 12.1 Å². The van der Waals surface area contributed by atoms with Crippen LogP contribution >= 0.6 is 0 Å². The van der Waals surface area contributed by atoms with Crippen LogP contribution in [0.4, 0.5) is 0 Å². The standard InChI is InChI=1S/C20H30O4/c1-2-3-4-5-6-7-10-17(21)13-14-18-16(12-15-19(18)22)9-8-11-20(23)24/h6-7,12-18,21H,2-5,8-11H2,1H3,(H,23,24)/b7-6-,14-13+/t16-,17-,18-/m1/s1. The number of rotatable bonds is 12. The van der Waals surface area contributed by atoms with E-state index in [0.29, 0.717) is 19.3 Å². The summed E-state index contributed by atoms with van der Waals surface area (Å²) < 4.78 is 0. The van der Waals surface area contributed by atoms with E-state index >= 15 is 0 Å². The minimum absolute atomic E-state index is 0.0360. The summed E-state index contributed by atoms with van der Waals surface area (Å²) in [5.41, 5.74) is 0. The van der Waals surface area contributed by atoms with Crippen LogP contribution in [-0.4, -0.2) is 28.1 Å². The fraction of sp³-hybridized carbons (Fsp3) is 0.600. The van der Waals surface area contributed by atoms with Gasteiger partial charge in [-0.25, -0.2) is 0 Å². The monoisotopic (exact) mass is 334 g/mol. The third-order valence-electron chi connectivity index (χ3n) is 4.28. The summed E-state index contributed by atoms with van der Waals surface area (Å²) in [5, 5.41) is 18.7. The second kappa shape index (κ2) is 11.8. The van der Waals surface area contributed by atoms with Gasteiger partial charge in [-0.1, -0.05) is 50.1 Å². The Bertz CT molecular complexity index is 476. The van der Waals surface area contributed by atoms with Crippen LogP contribution < -0.4 is 0 Å². The molecule has 0 bridgehead atoms. The Balaban J connectivity index is 2.36. The Morgan fingerprint density at radius 1 is 1.29 bits per heavy atom. The van der Waals surface area contributed by atoms with Gasteiger partial charge in [0.25, 0.3) is 0 Å². The molecule has 134 valence electrons. The van der Waals surface area contributed by atoms with Crippen molar-refractivity contribution in [3.8, 4) is 0 Å². The van der Waals surface area contributed by atoms with Gasteiger partial charge in [0, 0.05) is 12.3 Å². The van der Waals surface area contributed by atoms with Crippen LogP contribution in [0.15, 0.2) is 36.5 Å². The Morgan fingerprint density at radius 2 is 2.08 bits per heavy atom. The third kappa shape index (κ3) is 8.25. The van der Waals surface area contributed by atoms with Crippen molar-refractivity contribution in [3.63, 3.8) is 0 Å². The van der Waals surface area contributed by atoms with Gasteiger partial charge in [-0.3, -0.25) is 9.59 Å². The van der Waals surface area contributed by atoms with E-state index in [2.05, 4.69) is 13.0 Å². The van der Waals surface area contributed by atoms with Gasteiger partial charge < -0.3 is 10.2 Å². The molecule has 0 aliphatic heterocycles. The molecule has 1 rings (SSSR count). The number of hydrogen-bond acceptors (Lipinski definition) is 3. The lowest BCUT2D eigenvalue weighted by Gasteiger charge is -2.14. The maximum absolute atomic E-state index is 11.9. The lowest BCUT2D eigenvalue weighted by atomic mass is 9.89. The van der Waals surface area contributed by atoms with E-state index in [0.717, 1.165) is 6.42 Å². The molecule has 1 aliphatic carbocycles. The van der Waals surface area contributed by atoms with Crippen molar-refractivity contribution < 1.29 is 19.8 Å². The molecule has 4 nitrogen and oxygen atoms in total. The highest BCUT2D eigenvalue weighted by Crippen LogP contribution is 2.28. The molecule has 0 aromatic carbocycles. The number of aliphatic hydroxyl groups is 1. The summed E-state index contributed by atoms with van der Waals surface area (Å²) >= 11 is 0. The van der Waals surface area contributed by atoms with Gasteiger partial charge in [0.2, 0.25) is 0 Å². The lowest BCUT2D eigenvalue weighted by Crippen LogP contribution is -2.15. The van der Waals surface area contributed by atoms with E-state index in [1.807, 2.05) is 12.2 Å². The Morgan fingerprint density at radius 3 is 2.79 bits per heavy atom. The molecule has 0 aromatic heterocycles. The van der Waals surface area contributed by atoms with E-state index in [1.54, 1.807) is 18.2 Å². The summed E-state index contributed by atoms with van der Waals surface area (Å²) in [6.07, 6.45) is 17.0. The predicted molar refractivity (Wildman–Crippen MR) is 95.7 cm³/mol. The summed E-state index contributed by atoms with van der Waals surface area (Å²) in [5.74, 6) is -0.989. The topological polar surface area (TPSA) is 74.6 Å². The third-order valence-corrected chi connectivity index (χ3v) is 4.28. The second-order valence-corrected chi connectivity index (χ2v) is 6.39. The molecule has 24 heavy (non-hydrogen) atoms. The molecular formula is C20H30O4. The Labute approximate surface area is 145 Å². The van der Waals surface area contributed by atoms with Gasteiger partial charge in [0.05, 0.1) is 6.10 Å². The van der Waals surface area contributed by atoms with Crippen LogP contribution in [-0.2, 0) is 9.59 Å². The number of carboxylic acids is 1. The maximum Gasteiger partial charge on any atom is 0.303 e. The van der Waals surface area contributed by atoms with E-state index in [-0.39, 0.29) is 24.0 Å². The number of carbonyl (C=O) groups is 2. The van der Waals surface area contributed by atoms with Crippen LogP contribution in [0.2, 0.25) is 0 Å². The van der Waals surface area contributed by atoms with Gasteiger partial charge >= 0.3 is 5.97 Å². The van der Waals surface area contributed by atoms with Crippen molar-refractivity contribution in [2.75, 3.05) is 0 Å². The molecule has 0 saturated carbocycles. The molecule has 2 N–H and O–H groups in total. The summed E-state index contributed by atoms with van der Waals surface area (Å²) in [6.45, 7) is 2.17. The number of allylic oxidation sites excluding steroid dienone is 4. The Kier molecular flexibility index (Phi) is 10.0. The van der Waals surface area contributed by atoms with Crippen LogP contribution in [0.25, 0.3) is 0 Å². The van der Waals surface area contributed by atoms with Crippen molar-refractivity contribution in [2.24, 2.45) is 11.8 Å². The molecule has 0 unspecified atom stereocenters. The highest BCUT2D eigenvalue weighted by Gasteiger charge is 2.27. The van der Waals surface area contributed by atoms with Gasteiger partial charge in [-0.05, 0) is 44.1 Å². The highest BCUT2D eigenvalue weighted by molar-refractivity contribution is 5.95. The first-order valence-corrected chi connectivity index (χ1v) is 8.99. The summed E-state index contributed by atoms with van der Waals surface area (Å²) in [7, 11) is 0. The number of carboxylic acid groups (broad SMARTS) is 1. The van der Waals surface area contributed by atoms with E-state index in [1.165, 1.54) is 19.3 Å². The molecule has 0 radical (unpaired) electrons. The minimum Gasteiger partial charge on any atom is -0.481 e. The number of hydrogen-bond donors (Lipinski definition) is 2. The summed E-state index contributed by atoms with van der Waals surface area (Å²) in [6, 6.07) is 0. The SMILES string of the molecule is CCCCC/C=C\C[C@@H](O)/C=C/[C@H]1C(=O)C=C[C@H]1CCCC(=O)O. The number of carbonyl (C=O) groups excluding carboxylic acids is 1. The van der Waals surface area contributed by atoms with Gasteiger partial charge in [0.1, 0.15) is 0 Å². The van der Waals surface area contributed by atoms with E-state index in [9.17, 15) is 14.7 Å². The lowest BCUT2D eigenvalue weighted by molar-refractivity contribution is -0.137. The largest absolute Gasteiger partial charge is 0.481 e. The average Bonchev–Trinajstić information content (AvgIpc) is 2.88. The van der Waals surface area contributed by atoms with Crippen molar-refractivity contribution in [1.29, 1.82) is 0 Å². The van der Waals surface area contributed by atoms with Gasteiger partial charge in [0.15, 0.2) is 5.78 Å². The first-order valence-electron chi connectivity index (χ1n) is 8.99. The number of aliphatic carboxylic acids is 1. The normalized spacial score (nSPS) is 22.0. The number of ketones is 1. The Hall–Kier alpha value is -1.68. The van der Waals surface area contributed by atoms with Crippen molar-refractivity contribution in [1.82, 2.24) is 0 Å². The van der Waals surface area contributed by atoms with Crippen LogP contribution in [0.1, 0.15) is 58.3 Å². The average molecular weight is 334 g/mol. The van der Waals surface area contributed by atoms with Crippen LogP contribution in [0, 0.1) is 11.8 Å². The zero-order valence-corrected chi connectivity index (χ0v) is 14.6. The quantitative estimate of drug-likeness (QED) is 0.417. The molecule has 0 spiro atoms. The van der Waals surface area contributed by atoms with Gasteiger partial charge in [-0.15, -0.1) is 0 Å².